The van der Waals surface area contributed by atoms with Crippen molar-refractivity contribution in [1.82, 2.24) is 25.1 Å². The molecule has 0 aliphatic rings. The lowest BCUT2D eigenvalue weighted by Crippen LogP contribution is -2.28. The van der Waals surface area contributed by atoms with Gasteiger partial charge in [0.2, 0.25) is 0 Å². The highest BCUT2D eigenvalue weighted by Gasteiger charge is 2.26. The number of halogens is 2. The van der Waals surface area contributed by atoms with Crippen molar-refractivity contribution in [3.63, 3.8) is 0 Å². The van der Waals surface area contributed by atoms with Gasteiger partial charge in [-0.3, -0.25) is 9.48 Å². The Labute approximate surface area is 200 Å². The molecule has 10 heteroatoms. The van der Waals surface area contributed by atoms with Crippen LogP contribution in [0.25, 0.3) is 0 Å². The molecule has 180 valence electrons. The van der Waals surface area contributed by atoms with Crippen LogP contribution >= 0.6 is 0 Å². The Morgan fingerprint density at radius 3 is 2.14 bits per heavy atom. The third kappa shape index (κ3) is 4.96. The molecular formula is C25H23F2N5O3. The van der Waals surface area contributed by atoms with Gasteiger partial charge in [0, 0.05) is 19.3 Å². The maximum atomic E-state index is 13.6. The minimum absolute atomic E-state index is 0.123. The first kappa shape index (κ1) is 23.8. The first-order chi connectivity index (χ1) is 16.8. The van der Waals surface area contributed by atoms with Crippen LogP contribution in [0.4, 0.5) is 8.78 Å². The highest BCUT2D eigenvalue weighted by Crippen LogP contribution is 2.32. The fraction of sp³-hybridized carbons (Fsp3) is 0.200. The van der Waals surface area contributed by atoms with Gasteiger partial charge in [-0.2, -0.15) is 5.10 Å². The summed E-state index contributed by atoms with van der Waals surface area (Å²) in [6.07, 6.45) is 1.35. The summed E-state index contributed by atoms with van der Waals surface area (Å²) in [6, 6.07) is 12.7. The lowest BCUT2D eigenvalue weighted by atomic mass is 9.90. The number of hydrogen-bond acceptors (Lipinski definition) is 6. The third-order valence-electron chi connectivity index (χ3n) is 5.54. The van der Waals surface area contributed by atoms with E-state index in [9.17, 15) is 18.7 Å². The lowest BCUT2D eigenvalue weighted by Gasteiger charge is -2.17. The number of carbonyl (C=O) groups is 1. The fourth-order valence-corrected chi connectivity index (χ4v) is 3.75. The van der Waals surface area contributed by atoms with E-state index in [1.165, 1.54) is 43.6 Å². The average molecular weight is 479 g/mol. The third-order valence-corrected chi connectivity index (χ3v) is 5.54. The summed E-state index contributed by atoms with van der Waals surface area (Å²) >= 11 is 0. The summed E-state index contributed by atoms with van der Waals surface area (Å²) in [5.74, 6) is -1.27. The molecule has 0 spiro atoms. The lowest BCUT2D eigenvalue weighted by molar-refractivity contribution is 0.0929. The van der Waals surface area contributed by atoms with Gasteiger partial charge >= 0.3 is 0 Å². The molecule has 1 atom stereocenters. The second-order valence-corrected chi connectivity index (χ2v) is 7.89. The van der Waals surface area contributed by atoms with E-state index in [-0.39, 0.29) is 28.8 Å². The Balaban J connectivity index is 1.66. The van der Waals surface area contributed by atoms with Crippen LogP contribution in [0.1, 0.15) is 52.1 Å². The van der Waals surface area contributed by atoms with E-state index in [1.807, 2.05) is 0 Å². The summed E-state index contributed by atoms with van der Waals surface area (Å²) in [5, 5.41) is 17.4. The predicted molar refractivity (Wildman–Crippen MR) is 123 cm³/mol. The number of hydrogen-bond donors (Lipinski definition) is 2. The molecule has 0 unspecified atom stereocenters. The summed E-state index contributed by atoms with van der Waals surface area (Å²) in [6.45, 7) is 1.69. The molecule has 0 aliphatic heterocycles. The number of aryl methyl sites for hydroxylation is 1. The summed E-state index contributed by atoms with van der Waals surface area (Å²) < 4.78 is 33.8. The molecule has 2 aromatic heterocycles. The number of nitrogens with one attached hydrogen (secondary N) is 1. The molecule has 2 heterocycles. The van der Waals surface area contributed by atoms with Crippen LogP contribution in [0.3, 0.4) is 0 Å². The Morgan fingerprint density at radius 1 is 1.03 bits per heavy atom. The van der Waals surface area contributed by atoms with Gasteiger partial charge in [-0.05, 0) is 42.3 Å². The largest absolute Gasteiger partial charge is 0.503 e. The van der Waals surface area contributed by atoms with Gasteiger partial charge < -0.3 is 15.2 Å². The number of pyridine rings is 1. The zero-order chi connectivity index (χ0) is 25.1. The number of carbonyl (C=O) groups excluding carboxylic acids is 1. The molecule has 8 nitrogen and oxygen atoms in total. The Morgan fingerprint density at radius 2 is 1.60 bits per heavy atom. The van der Waals surface area contributed by atoms with Crippen LogP contribution in [0.2, 0.25) is 0 Å². The highest BCUT2D eigenvalue weighted by atomic mass is 19.1. The maximum absolute atomic E-state index is 13.6. The van der Waals surface area contributed by atoms with Crippen LogP contribution in [0.5, 0.6) is 11.5 Å². The summed E-state index contributed by atoms with van der Waals surface area (Å²) in [5.41, 5.74) is 1.28. The highest BCUT2D eigenvalue weighted by molar-refractivity contribution is 5.95. The smallest absolute Gasteiger partial charge is 0.274 e. The van der Waals surface area contributed by atoms with Gasteiger partial charge in [-0.1, -0.05) is 24.3 Å². The monoisotopic (exact) mass is 479 g/mol. The second-order valence-electron chi connectivity index (χ2n) is 7.89. The SMILES string of the molecule is COc1ccnc(C(=O)N[C@@H](C)c2nc(C(c3ccc(F)cc3)c3ccc(F)cc3)n(C)n2)c1O. The minimum atomic E-state index is -0.642. The van der Waals surface area contributed by atoms with Crippen molar-refractivity contribution in [1.29, 1.82) is 0 Å². The molecule has 1 amide bonds. The predicted octanol–water partition coefficient (Wildman–Crippen LogP) is 3.87. The minimum Gasteiger partial charge on any atom is -0.503 e. The standard InChI is InChI=1S/C25H23F2N5O3/c1-14(29-25(34)21-22(33)19(35-3)12-13-28-21)23-30-24(32(2)31-23)20(15-4-8-17(26)9-5-15)16-6-10-18(27)11-7-16/h4-14,20,33H,1-3H3,(H,29,34)/t14-/m0/s1. The van der Waals surface area contributed by atoms with E-state index in [1.54, 1.807) is 42.9 Å². The molecule has 2 N–H and O–H groups in total. The van der Waals surface area contributed by atoms with E-state index in [2.05, 4.69) is 20.4 Å². The summed E-state index contributed by atoms with van der Waals surface area (Å²) in [7, 11) is 3.08. The van der Waals surface area contributed by atoms with E-state index in [0.29, 0.717) is 11.6 Å². The van der Waals surface area contributed by atoms with Crippen LogP contribution in [0, 0.1) is 11.6 Å². The maximum Gasteiger partial charge on any atom is 0.274 e. The van der Waals surface area contributed by atoms with E-state index >= 15 is 0 Å². The van der Waals surface area contributed by atoms with Gasteiger partial charge in [0.15, 0.2) is 23.0 Å². The number of aromatic nitrogens is 4. The van der Waals surface area contributed by atoms with Crippen molar-refractivity contribution >= 4 is 5.91 Å². The van der Waals surface area contributed by atoms with Crippen LogP contribution in [-0.4, -0.2) is 37.9 Å². The Hall–Kier alpha value is -4.34. The van der Waals surface area contributed by atoms with Crippen LogP contribution < -0.4 is 10.1 Å². The second kappa shape index (κ2) is 9.88. The van der Waals surface area contributed by atoms with Gasteiger partial charge in [0.1, 0.15) is 17.5 Å². The molecular weight excluding hydrogens is 456 g/mol. The molecule has 4 aromatic rings. The Kier molecular flexibility index (Phi) is 6.72. The van der Waals surface area contributed by atoms with Gasteiger partial charge in [-0.15, -0.1) is 0 Å². The van der Waals surface area contributed by atoms with Crippen molar-refractivity contribution in [3.8, 4) is 11.5 Å². The summed E-state index contributed by atoms with van der Waals surface area (Å²) in [4.78, 5) is 21.3. The van der Waals surface area contributed by atoms with Crippen molar-refractivity contribution in [2.24, 2.45) is 7.05 Å². The van der Waals surface area contributed by atoms with E-state index < -0.39 is 17.9 Å². The van der Waals surface area contributed by atoms with Gasteiger partial charge in [0.05, 0.1) is 19.1 Å². The molecule has 35 heavy (non-hydrogen) atoms. The number of methoxy groups -OCH3 is 1. The number of amides is 1. The molecule has 4 rings (SSSR count). The van der Waals surface area contributed by atoms with Crippen LogP contribution in [0.15, 0.2) is 60.8 Å². The van der Waals surface area contributed by atoms with Gasteiger partial charge in [0.25, 0.3) is 5.91 Å². The number of aromatic hydroxyl groups is 1. The number of ether oxygens (including phenoxy) is 1. The molecule has 0 aliphatic carbocycles. The molecule has 0 bridgehead atoms. The zero-order valence-electron chi connectivity index (χ0n) is 19.2. The molecule has 0 saturated heterocycles. The number of benzene rings is 2. The van der Waals surface area contributed by atoms with Crippen molar-refractivity contribution in [2.75, 3.05) is 7.11 Å². The Bertz CT molecular complexity index is 1290. The quantitative estimate of drug-likeness (QED) is 0.417. The van der Waals surface area contributed by atoms with Crippen molar-refractivity contribution in [2.45, 2.75) is 18.9 Å². The fourth-order valence-electron chi connectivity index (χ4n) is 3.75. The van der Waals surface area contributed by atoms with Crippen molar-refractivity contribution in [3.05, 3.63) is 101 Å². The molecule has 0 fully saturated rings. The van der Waals surface area contributed by atoms with Crippen molar-refractivity contribution < 1.29 is 23.4 Å². The average Bonchev–Trinajstić information content (AvgIpc) is 3.23. The topological polar surface area (TPSA) is 102 Å². The first-order valence-corrected chi connectivity index (χ1v) is 10.7. The molecule has 0 radical (unpaired) electrons. The molecule has 2 aromatic carbocycles. The van der Waals surface area contributed by atoms with E-state index in [0.717, 1.165) is 11.1 Å². The zero-order valence-corrected chi connectivity index (χ0v) is 19.2. The molecule has 0 saturated carbocycles. The normalized spacial score (nSPS) is 11.9. The van der Waals surface area contributed by atoms with Gasteiger partial charge in [-0.25, -0.2) is 18.7 Å². The van der Waals surface area contributed by atoms with E-state index in [4.69, 9.17) is 4.74 Å². The number of rotatable bonds is 7. The van der Waals surface area contributed by atoms with Crippen LogP contribution in [-0.2, 0) is 7.05 Å². The first-order valence-electron chi connectivity index (χ1n) is 10.7. The number of nitrogens with zero attached hydrogens (tertiary/aromatic N) is 4.